The molecule has 3 heterocycles. The average molecular weight is 342 g/mol. The van der Waals surface area contributed by atoms with Gasteiger partial charge in [0.2, 0.25) is 10.1 Å². The average Bonchev–Trinajstić information content (AvgIpc) is 3.13. The number of hydrogen-bond acceptors (Lipinski definition) is 5. The van der Waals surface area contributed by atoms with Crippen molar-refractivity contribution in [1.82, 2.24) is 19.6 Å². The van der Waals surface area contributed by atoms with Gasteiger partial charge in [-0.15, -0.1) is 5.10 Å². The van der Waals surface area contributed by atoms with Crippen LogP contribution < -0.4 is 5.32 Å². The number of aromatic nitrogens is 4. The zero-order valence-electron chi connectivity index (χ0n) is 12.0. The Hall–Kier alpha value is -2.44. The van der Waals surface area contributed by atoms with Crippen molar-refractivity contribution in [3.8, 4) is 11.3 Å². The number of imidazole rings is 1. The van der Waals surface area contributed by atoms with Crippen LogP contribution >= 0.6 is 22.9 Å². The quantitative estimate of drug-likeness (QED) is 0.606. The van der Waals surface area contributed by atoms with E-state index in [2.05, 4.69) is 20.4 Å². The highest BCUT2D eigenvalue weighted by Crippen LogP contribution is 2.29. The maximum atomic E-state index is 6.22. The predicted molar refractivity (Wildman–Crippen MR) is 92.9 cm³/mol. The molecular weight excluding hydrogens is 330 g/mol. The normalized spacial score (nSPS) is 11.0. The van der Waals surface area contributed by atoms with Crippen molar-refractivity contribution in [3.63, 3.8) is 0 Å². The van der Waals surface area contributed by atoms with Crippen LogP contribution in [0.1, 0.15) is 5.56 Å². The minimum atomic E-state index is 0.682. The topological polar surface area (TPSA) is 55.1 Å². The zero-order chi connectivity index (χ0) is 15.6. The van der Waals surface area contributed by atoms with Gasteiger partial charge in [0, 0.05) is 24.5 Å². The van der Waals surface area contributed by atoms with E-state index in [4.69, 9.17) is 11.6 Å². The Labute approximate surface area is 141 Å². The Morgan fingerprint density at radius 3 is 2.87 bits per heavy atom. The number of rotatable bonds is 4. The lowest BCUT2D eigenvalue weighted by molar-refractivity contribution is 0.961. The van der Waals surface area contributed by atoms with Crippen molar-refractivity contribution in [1.29, 1.82) is 0 Å². The molecule has 5 nitrogen and oxygen atoms in total. The van der Waals surface area contributed by atoms with Gasteiger partial charge in [-0.3, -0.25) is 4.98 Å². The predicted octanol–water partition coefficient (Wildman–Crippen LogP) is 4.12. The molecule has 0 radical (unpaired) electrons. The van der Waals surface area contributed by atoms with Gasteiger partial charge in [0.15, 0.2) is 0 Å². The molecule has 0 bridgehead atoms. The minimum absolute atomic E-state index is 0.682. The summed E-state index contributed by atoms with van der Waals surface area (Å²) >= 11 is 7.72. The van der Waals surface area contributed by atoms with E-state index in [1.54, 1.807) is 10.7 Å². The molecule has 0 atom stereocenters. The Morgan fingerprint density at radius 2 is 2.09 bits per heavy atom. The highest BCUT2D eigenvalue weighted by molar-refractivity contribution is 7.20. The van der Waals surface area contributed by atoms with E-state index < -0.39 is 0 Å². The smallest absolute Gasteiger partial charge is 0.214 e. The molecule has 4 rings (SSSR count). The fourth-order valence-electron chi connectivity index (χ4n) is 2.25. The fourth-order valence-corrected chi connectivity index (χ4v) is 3.26. The summed E-state index contributed by atoms with van der Waals surface area (Å²) in [5, 5.41) is 9.30. The van der Waals surface area contributed by atoms with Gasteiger partial charge in [-0.25, -0.2) is 9.50 Å². The molecule has 0 saturated carbocycles. The standard InChI is InChI=1S/C16H12ClN5S/c17-13-6-2-1-5-12(13)14-10-22-16(20-14)23-15(21-22)19-9-11-4-3-7-18-8-11/h1-8,10H,9H2,(H,19,21). The molecule has 0 amide bonds. The first-order valence-electron chi connectivity index (χ1n) is 7.03. The van der Waals surface area contributed by atoms with Crippen molar-refractivity contribution in [2.45, 2.75) is 6.54 Å². The lowest BCUT2D eigenvalue weighted by atomic mass is 10.2. The van der Waals surface area contributed by atoms with E-state index >= 15 is 0 Å². The first-order chi connectivity index (χ1) is 11.3. The number of nitrogens with zero attached hydrogens (tertiary/aromatic N) is 4. The lowest BCUT2D eigenvalue weighted by Gasteiger charge is -2.01. The largest absolute Gasteiger partial charge is 0.356 e. The Balaban J connectivity index is 1.56. The van der Waals surface area contributed by atoms with E-state index in [9.17, 15) is 0 Å². The van der Waals surface area contributed by atoms with Gasteiger partial charge in [-0.05, 0) is 17.7 Å². The van der Waals surface area contributed by atoms with E-state index in [1.165, 1.54) is 11.3 Å². The summed E-state index contributed by atoms with van der Waals surface area (Å²) in [4.78, 5) is 9.53. The van der Waals surface area contributed by atoms with Crippen LogP contribution in [0.4, 0.5) is 5.13 Å². The van der Waals surface area contributed by atoms with Crippen LogP contribution in [0.2, 0.25) is 5.02 Å². The number of fused-ring (bicyclic) bond motifs is 1. The fraction of sp³-hybridized carbons (Fsp3) is 0.0625. The van der Waals surface area contributed by atoms with Crippen LogP contribution in [-0.4, -0.2) is 19.6 Å². The first kappa shape index (κ1) is 14.2. The second-order valence-electron chi connectivity index (χ2n) is 4.96. The van der Waals surface area contributed by atoms with Crippen molar-refractivity contribution in [2.75, 3.05) is 5.32 Å². The molecule has 0 saturated heterocycles. The van der Waals surface area contributed by atoms with Crippen LogP contribution in [0.25, 0.3) is 16.2 Å². The first-order valence-corrected chi connectivity index (χ1v) is 8.23. The van der Waals surface area contributed by atoms with E-state index in [-0.39, 0.29) is 0 Å². The number of nitrogens with one attached hydrogen (secondary N) is 1. The van der Waals surface area contributed by atoms with Crippen LogP contribution in [0.15, 0.2) is 55.0 Å². The van der Waals surface area contributed by atoms with E-state index in [0.717, 1.165) is 26.9 Å². The lowest BCUT2D eigenvalue weighted by Crippen LogP contribution is -1.99. The zero-order valence-corrected chi connectivity index (χ0v) is 13.6. The van der Waals surface area contributed by atoms with Crippen molar-refractivity contribution in [2.24, 2.45) is 0 Å². The van der Waals surface area contributed by atoms with Gasteiger partial charge in [0.25, 0.3) is 0 Å². The van der Waals surface area contributed by atoms with Gasteiger partial charge in [-0.2, -0.15) is 0 Å². The maximum absolute atomic E-state index is 6.22. The summed E-state index contributed by atoms with van der Waals surface area (Å²) < 4.78 is 1.77. The van der Waals surface area contributed by atoms with Crippen molar-refractivity contribution < 1.29 is 0 Å². The summed E-state index contributed by atoms with van der Waals surface area (Å²) in [6.07, 6.45) is 5.49. The summed E-state index contributed by atoms with van der Waals surface area (Å²) in [6.45, 7) is 0.682. The van der Waals surface area contributed by atoms with Gasteiger partial charge in [-0.1, -0.05) is 47.2 Å². The third-order valence-electron chi connectivity index (χ3n) is 3.36. The molecule has 1 aromatic carbocycles. The highest BCUT2D eigenvalue weighted by Gasteiger charge is 2.11. The molecule has 0 aliphatic carbocycles. The van der Waals surface area contributed by atoms with Crippen molar-refractivity contribution in [3.05, 3.63) is 65.6 Å². The highest BCUT2D eigenvalue weighted by atomic mass is 35.5. The molecule has 3 aromatic heterocycles. The molecule has 4 aromatic rings. The van der Waals surface area contributed by atoms with E-state index in [0.29, 0.717) is 11.6 Å². The van der Waals surface area contributed by atoms with Gasteiger partial charge in [0.1, 0.15) is 0 Å². The van der Waals surface area contributed by atoms with Crippen LogP contribution in [0, 0.1) is 0 Å². The second kappa shape index (κ2) is 5.98. The van der Waals surface area contributed by atoms with Crippen LogP contribution in [-0.2, 0) is 6.54 Å². The summed E-state index contributed by atoms with van der Waals surface area (Å²) in [6, 6.07) is 11.6. The molecule has 114 valence electrons. The Morgan fingerprint density at radius 1 is 1.17 bits per heavy atom. The number of halogens is 1. The number of pyridine rings is 1. The molecule has 0 aliphatic heterocycles. The van der Waals surface area contributed by atoms with Crippen LogP contribution in [0.3, 0.4) is 0 Å². The maximum Gasteiger partial charge on any atom is 0.214 e. The third-order valence-corrected chi connectivity index (χ3v) is 4.57. The SMILES string of the molecule is Clc1ccccc1-c1cn2nc(NCc3cccnc3)sc2n1. The third kappa shape index (κ3) is 2.91. The summed E-state index contributed by atoms with van der Waals surface area (Å²) in [5.41, 5.74) is 2.85. The van der Waals surface area contributed by atoms with Gasteiger partial charge in [0.05, 0.1) is 16.9 Å². The van der Waals surface area contributed by atoms with E-state index in [1.807, 2.05) is 48.8 Å². The molecule has 0 aliphatic rings. The molecular formula is C16H12ClN5S. The molecule has 23 heavy (non-hydrogen) atoms. The Kier molecular flexibility index (Phi) is 3.69. The molecule has 7 heteroatoms. The molecule has 0 unspecified atom stereocenters. The number of benzene rings is 1. The van der Waals surface area contributed by atoms with Crippen molar-refractivity contribution >= 4 is 33.0 Å². The monoisotopic (exact) mass is 341 g/mol. The molecule has 0 fully saturated rings. The Bertz CT molecular complexity index is 916. The summed E-state index contributed by atoms with van der Waals surface area (Å²) in [7, 11) is 0. The minimum Gasteiger partial charge on any atom is -0.356 e. The molecule has 1 N–H and O–H groups in total. The van der Waals surface area contributed by atoms with Gasteiger partial charge < -0.3 is 5.32 Å². The molecule has 0 spiro atoms. The summed E-state index contributed by atoms with van der Waals surface area (Å²) in [5.74, 6) is 0. The second-order valence-corrected chi connectivity index (χ2v) is 6.32. The number of hydrogen-bond donors (Lipinski definition) is 1. The van der Waals surface area contributed by atoms with Gasteiger partial charge >= 0.3 is 0 Å². The van der Waals surface area contributed by atoms with Crippen LogP contribution in [0.5, 0.6) is 0 Å². The number of anilines is 1.